The van der Waals surface area contributed by atoms with E-state index in [9.17, 15) is 4.79 Å². The second-order valence-electron chi connectivity index (χ2n) is 6.60. The number of aliphatic hydroxyl groups excluding tert-OH is 1. The van der Waals surface area contributed by atoms with Gasteiger partial charge < -0.3 is 15.3 Å². The molecule has 4 rings (SSSR count). The number of nitrogens with zero attached hydrogens (tertiary/aromatic N) is 6. The molecular weight excluding hydrogens is 366 g/mol. The Labute approximate surface area is 160 Å². The molecule has 27 heavy (non-hydrogen) atoms. The average molecular weight is 387 g/mol. The van der Waals surface area contributed by atoms with Gasteiger partial charge in [-0.2, -0.15) is 0 Å². The van der Waals surface area contributed by atoms with Gasteiger partial charge in [0.05, 0.1) is 29.1 Å². The minimum absolute atomic E-state index is 0.104. The van der Waals surface area contributed by atoms with Gasteiger partial charge in [-0.3, -0.25) is 4.79 Å². The first-order valence-electron chi connectivity index (χ1n) is 8.92. The molecule has 0 saturated carbocycles. The van der Waals surface area contributed by atoms with Crippen LogP contribution in [0.25, 0.3) is 10.2 Å². The Morgan fingerprint density at radius 2 is 2.33 bits per heavy atom. The first kappa shape index (κ1) is 17.8. The number of aromatic nitrogens is 5. The molecule has 10 heteroatoms. The van der Waals surface area contributed by atoms with E-state index in [0.717, 1.165) is 42.0 Å². The summed E-state index contributed by atoms with van der Waals surface area (Å²) in [7, 11) is 0. The Hall–Kier alpha value is -2.59. The van der Waals surface area contributed by atoms with Crippen molar-refractivity contribution in [1.29, 1.82) is 0 Å². The topological polar surface area (TPSA) is 109 Å². The summed E-state index contributed by atoms with van der Waals surface area (Å²) in [6.45, 7) is 3.84. The predicted molar refractivity (Wildman–Crippen MR) is 102 cm³/mol. The SMILES string of the molecule is Cc1csc2c(N3CCC[C@H](n4cc(C(=O)NCCO)nn4)C3)ncnc12. The highest BCUT2D eigenvalue weighted by atomic mass is 32.1. The van der Waals surface area contributed by atoms with E-state index in [1.807, 2.05) is 0 Å². The summed E-state index contributed by atoms with van der Waals surface area (Å²) >= 11 is 1.67. The summed E-state index contributed by atoms with van der Waals surface area (Å²) < 4.78 is 2.87. The smallest absolute Gasteiger partial charge is 0.273 e. The largest absolute Gasteiger partial charge is 0.395 e. The molecule has 1 saturated heterocycles. The number of rotatable bonds is 5. The van der Waals surface area contributed by atoms with Gasteiger partial charge in [0, 0.05) is 19.6 Å². The fourth-order valence-electron chi connectivity index (χ4n) is 3.36. The summed E-state index contributed by atoms with van der Waals surface area (Å²) in [5, 5.41) is 21.6. The second-order valence-corrected chi connectivity index (χ2v) is 7.48. The summed E-state index contributed by atoms with van der Waals surface area (Å²) in [6.07, 6.45) is 5.27. The number of nitrogens with one attached hydrogen (secondary N) is 1. The van der Waals surface area contributed by atoms with Gasteiger partial charge in [0.15, 0.2) is 5.69 Å². The molecule has 142 valence electrons. The average Bonchev–Trinajstić information content (AvgIpc) is 3.34. The quantitative estimate of drug-likeness (QED) is 0.676. The number of thiophene rings is 1. The van der Waals surface area contributed by atoms with E-state index in [0.29, 0.717) is 0 Å². The van der Waals surface area contributed by atoms with Crippen molar-refractivity contribution in [2.75, 3.05) is 31.1 Å². The first-order valence-corrected chi connectivity index (χ1v) is 9.80. The minimum atomic E-state index is -0.325. The zero-order valence-electron chi connectivity index (χ0n) is 15.0. The number of fused-ring (bicyclic) bond motifs is 1. The Balaban J connectivity index is 1.53. The lowest BCUT2D eigenvalue weighted by Crippen LogP contribution is -2.37. The maximum Gasteiger partial charge on any atom is 0.273 e. The molecular formula is C17H21N7O2S. The monoisotopic (exact) mass is 387 g/mol. The number of hydrogen-bond acceptors (Lipinski definition) is 8. The fourth-order valence-corrected chi connectivity index (χ4v) is 4.38. The molecule has 0 radical (unpaired) electrons. The molecule has 0 spiro atoms. The van der Waals surface area contributed by atoms with Crippen LogP contribution in [-0.4, -0.2) is 62.2 Å². The normalized spacial score (nSPS) is 17.4. The van der Waals surface area contributed by atoms with Crippen molar-refractivity contribution < 1.29 is 9.90 Å². The molecule has 1 aliphatic heterocycles. The van der Waals surface area contributed by atoms with Crippen molar-refractivity contribution in [2.24, 2.45) is 0 Å². The molecule has 4 heterocycles. The lowest BCUT2D eigenvalue weighted by atomic mass is 10.1. The number of carbonyl (C=O) groups is 1. The van der Waals surface area contributed by atoms with Gasteiger partial charge in [0.2, 0.25) is 0 Å². The van der Waals surface area contributed by atoms with Crippen LogP contribution in [-0.2, 0) is 0 Å². The molecule has 0 unspecified atom stereocenters. The number of aryl methyl sites for hydroxylation is 1. The van der Waals surface area contributed by atoms with Gasteiger partial charge in [-0.05, 0) is 30.7 Å². The number of hydrogen-bond donors (Lipinski definition) is 2. The summed E-state index contributed by atoms with van der Waals surface area (Å²) in [5.41, 5.74) is 2.44. The standard InChI is InChI=1S/C17H21N7O2S/c1-11-9-27-15-14(11)19-10-20-16(15)23-5-2-3-12(7-23)24-8-13(21-22-24)17(26)18-4-6-25/h8-10,12,25H,2-7H2,1H3,(H,18,26)/t12-/m0/s1. The highest BCUT2D eigenvalue weighted by molar-refractivity contribution is 7.18. The summed E-state index contributed by atoms with van der Waals surface area (Å²) in [6, 6.07) is 0.122. The Morgan fingerprint density at radius 1 is 1.44 bits per heavy atom. The van der Waals surface area contributed by atoms with Crippen molar-refractivity contribution in [1.82, 2.24) is 30.3 Å². The van der Waals surface area contributed by atoms with E-state index in [-0.39, 0.29) is 30.8 Å². The van der Waals surface area contributed by atoms with E-state index in [1.54, 1.807) is 28.5 Å². The zero-order chi connectivity index (χ0) is 18.8. The second kappa shape index (κ2) is 7.57. The first-order chi connectivity index (χ1) is 13.2. The third-order valence-corrected chi connectivity index (χ3v) is 5.81. The molecule has 1 aliphatic rings. The minimum Gasteiger partial charge on any atom is -0.395 e. The third kappa shape index (κ3) is 3.50. The molecule has 1 atom stereocenters. The van der Waals surface area contributed by atoms with Crippen molar-refractivity contribution in [3.8, 4) is 0 Å². The summed E-state index contributed by atoms with van der Waals surface area (Å²) in [5.74, 6) is 0.637. The van der Waals surface area contributed by atoms with E-state index in [2.05, 4.69) is 42.8 Å². The number of aliphatic hydroxyl groups is 1. The Morgan fingerprint density at radius 3 is 3.19 bits per heavy atom. The third-order valence-electron chi connectivity index (χ3n) is 4.72. The van der Waals surface area contributed by atoms with Crippen LogP contribution >= 0.6 is 11.3 Å². The predicted octanol–water partition coefficient (Wildman–Crippen LogP) is 1.15. The van der Waals surface area contributed by atoms with E-state index in [4.69, 9.17) is 5.11 Å². The molecule has 0 aliphatic carbocycles. The van der Waals surface area contributed by atoms with Crippen molar-refractivity contribution in [2.45, 2.75) is 25.8 Å². The molecule has 1 fully saturated rings. The molecule has 0 bridgehead atoms. The highest BCUT2D eigenvalue weighted by Crippen LogP contribution is 2.33. The van der Waals surface area contributed by atoms with Crippen molar-refractivity contribution in [3.05, 3.63) is 29.2 Å². The van der Waals surface area contributed by atoms with Gasteiger partial charge in [0.25, 0.3) is 5.91 Å². The molecule has 0 aromatic carbocycles. The van der Waals surface area contributed by atoms with Gasteiger partial charge in [-0.1, -0.05) is 5.21 Å². The highest BCUT2D eigenvalue weighted by Gasteiger charge is 2.26. The van der Waals surface area contributed by atoms with E-state index < -0.39 is 0 Å². The van der Waals surface area contributed by atoms with Crippen LogP contribution in [0.4, 0.5) is 5.82 Å². The van der Waals surface area contributed by atoms with Crippen molar-refractivity contribution >= 4 is 33.3 Å². The van der Waals surface area contributed by atoms with Crippen LogP contribution in [0.1, 0.15) is 34.9 Å². The number of carbonyl (C=O) groups excluding carboxylic acids is 1. The van der Waals surface area contributed by atoms with E-state index >= 15 is 0 Å². The van der Waals surface area contributed by atoms with Crippen LogP contribution in [0.3, 0.4) is 0 Å². The van der Waals surface area contributed by atoms with Crippen LogP contribution in [0.5, 0.6) is 0 Å². The maximum absolute atomic E-state index is 12.0. The molecule has 2 N–H and O–H groups in total. The molecule has 3 aromatic rings. The van der Waals surface area contributed by atoms with Crippen LogP contribution in [0, 0.1) is 6.92 Å². The number of anilines is 1. The van der Waals surface area contributed by atoms with Gasteiger partial charge in [0.1, 0.15) is 12.1 Å². The van der Waals surface area contributed by atoms with Crippen molar-refractivity contribution in [3.63, 3.8) is 0 Å². The fraction of sp³-hybridized carbons (Fsp3) is 0.471. The van der Waals surface area contributed by atoms with Crippen LogP contribution < -0.4 is 10.2 Å². The molecule has 3 aromatic heterocycles. The zero-order valence-corrected chi connectivity index (χ0v) is 15.8. The lowest BCUT2D eigenvalue weighted by molar-refractivity contribution is 0.0939. The molecule has 1 amide bonds. The van der Waals surface area contributed by atoms with Gasteiger partial charge in [-0.25, -0.2) is 14.6 Å². The molecule has 9 nitrogen and oxygen atoms in total. The van der Waals surface area contributed by atoms with Gasteiger partial charge in [-0.15, -0.1) is 16.4 Å². The van der Waals surface area contributed by atoms with Crippen LogP contribution in [0.15, 0.2) is 17.9 Å². The number of piperidine rings is 1. The maximum atomic E-state index is 12.0. The lowest BCUT2D eigenvalue weighted by Gasteiger charge is -2.33. The van der Waals surface area contributed by atoms with E-state index in [1.165, 1.54) is 5.56 Å². The Kier molecular flexibility index (Phi) is 4.99. The van der Waals surface area contributed by atoms with Gasteiger partial charge >= 0.3 is 0 Å². The number of amides is 1. The summed E-state index contributed by atoms with van der Waals surface area (Å²) in [4.78, 5) is 23.2. The Bertz CT molecular complexity index is 954. The van der Waals surface area contributed by atoms with Crippen LogP contribution in [0.2, 0.25) is 0 Å².